The molecule has 0 saturated heterocycles. The molecule has 0 aliphatic heterocycles. The minimum Gasteiger partial charge on any atom is -0.491 e. The van der Waals surface area contributed by atoms with Crippen LogP contribution in [0.5, 0.6) is 5.75 Å². The first-order valence-corrected chi connectivity index (χ1v) is 7.13. The van der Waals surface area contributed by atoms with Crippen molar-refractivity contribution in [3.8, 4) is 5.75 Å². The molecule has 1 saturated carbocycles. The van der Waals surface area contributed by atoms with Gasteiger partial charge < -0.3 is 21.1 Å². The SMILES string of the molecule is CC(NC(=O)CCOc1ccccc1N)C(=O)NC1CC1. The maximum atomic E-state index is 11.7. The number of amides is 2. The highest BCUT2D eigenvalue weighted by Crippen LogP contribution is 2.20. The molecule has 1 aromatic rings. The van der Waals surface area contributed by atoms with Crippen molar-refractivity contribution < 1.29 is 14.3 Å². The van der Waals surface area contributed by atoms with Crippen LogP contribution in [-0.2, 0) is 9.59 Å². The number of anilines is 1. The standard InChI is InChI=1S/C15H21N3O3/c1-10(15(20)18-11-6-7-11)17-14(19)8-9-21-13-5-3-2-4-12(13)16/h2-5,10-11H,6-9,16H2,1H3,(H,17,19)(H,18,20). The van der Waals surface area contributed by atoms with Crippen molar-refractivity contribution in [2.24, 2.45) is 0 Å². The Morgan fingerprint density at radius 1 is 1.38 bits per heavy atom. The number of benzene rings is 1. The first-order chi connectivity index (χ1) is 10.1. The fraction of sp³-hybridized carbons (Fsp3) is 0.467. The first-order valence-electron chi connectivity index (χ1n) is 7.13. The summed E-state index contributed by atoms with van der Waals surface area (Å²) in [5.41, 5.74) is 6.27. The lowest BCUT2D eigenvalue weighted by Gasteiger charge is -2.14. The summed E-state index contributed by atoms with van der Waals surface area (Å²) >= 11 is 0. The molecule has 4 N–H and O–H groups in total. The molecule has 114 valence electrons. The van der Waals surface area contributed by atoms with Gasteiger partial charge in [0.1, 0.15) is 11.8 Å². The average Bonchev–Trinajstić information content (AvgIpc) is 3.24. The van der Waals surface area contributed by atoms with Crippen molar-refractivity contribution in [3.63, 3.8) is 0 Å². The van der Waals surface area contributed by atoms with Crippen LogP contribution in [0.3, 0.4) is 0 Å². The van der Waals surface area contributed by atoms with E-state index in [1.807, 2.05) is 12.1 Å². The molecule has 1 aliphatic rings. The van der Waals surface area contributed by atoms with E-state index in [0.717, 1.165) is 12.8 Å². The Kier molecular flexibility index (Phi) is 5.03. The van der Waals surface area contributed by atoms with E-state index in [-0.39, 0.29) is 24.8 Å². The van der Waals surface area contributed by atoms with Crippen molar-refractivity contribution in [1.82, 2.24) is 10.6 Å². The highest BCUT2D eigenvalue weighted by Gasteiger charge is 2.26. The molecule has 1 atom stereocenters. The summed E-state index contributed by atoms with van der Waals surface area (Å²) in [4.78, 5) is 23.4. The summed E-state index contributed by atoms with van der Waals surface area (Å²) in [6.07, 6.45) is 2.23. The highest BCUT2D eigenvalue weighted by atomic mass is 16.5. The van der Waals surface area contributed by atoms with E-state index in [1.54, 1.807) is 19.1 Å². The number of ether oxygens (including phenoxy) is 1. The average molecular weight is 291 g/mol. The lowest BCUT2D eigenvalue weighted by molar-refractivity contribution is -0.128. The summed E-state index contributed by atoms with van der Waals surface area (Å²) in [7, 11) is 0. The summed E-state index contributed by atoms with van der Waals surface area (Å²) in [6, 6.07) is 6.88. The molecule has 6 heteroatoms. The molecular formula is C15H21N3O3. The van der Waals surface area contributed by atoms with Crippen LogP contribution in [0.4, 0.5) is 5.69 Å². The summed E-state index contributed by atoms with van der Waals surface area (Å²) in [5.74, 6) is 0.201. The van der Waals surface area contributed by atoms with Gasteiger partial charge in [-0.1, -0.05) is 12.1 Å². The molecule has 1 aliphatic carbocycles. The molecule has 0 heterocycles. The Hall–Kier alpha value is -2.24. The third-order valence-electron chi connectivity index (χ3n) is 3.20. The number of hydrogen-bond acceptors (Lipinski definition) is 4. The van der Waals surface area contributed by atoms with Gasteiger partial charge in [-0.15, -0.1) is 0 Å². The van der Waals surface area contributed by atoms with E-state index in [9.17, 15) is 9.59 Å². The smallest absolute Gasteiger partial charge is 0.242 e. The lowest BCUT2D eigenvalue weighted by atomic mass is 10.3. The van der Waals surface area contributed by atoms with Gasteiger partial charge in [-0.2, -0.15) is 0 Å². The number of nitrogens with two attached hydrogens (primary N) is 1. The van der Waals surface area contributed by atoms with Crippen LogP contribution in [0.1, 0.15) is 26.2 Å². The largest absolute Gasteiger partial charge is 0.491 e. The zero-order chi connectivity index (χ0) is 15.2. The number of carbonyl (C=O) groups is 2. The second-order valence-corrected chi connectivity index (χ2v) is 5.21. The quantitative estimate of drug-likeness (QED) is 0.648. The fourth-order valence-corrected chi connectivity index (χ4v) is 1.80. The van der Waals surface area contributed by atoms with Gasteiger partial charge in [-0.25, -0.2) is 0 Å². The second-order valence-electron chi connectivity index (χ2n) is 5.21. The van der Waals surface area contributed by atoms with E-state index < -0.39 is 6.04 Å². The van der Waals surface area contributed by atoms with E-state index in [1.165, 1.54) is 0 Å². The van der Waals surface area contributed by atoms with Crippen LogP contribution < -0.4 is 21.1 Å². The zero-order valence-electron chi connectivity index (χ0n) is 12.1. The molecule has 0 aromatic heterocycles. The number of nitrogen functional groups attached to an aromatic ring is 1. The van der Waals surface area contributed by atoms with Gasteiger partial charge in [0.15, 0.2) is 0 Å². The van der Waals surface area contributed by atoms with Crippen molar-refractivity contribution in [2.45, 2.75) is 38.3 Å². The highest BCUT2D eigenvalue weighted by molar-refractivity contribution is 5.87. The van der Waals surface area contributed by atoms with Gasteiger partial charge in [0.2, 0.25) is 11.8 Å². The monoisotopic (exact) mass is 291 g/mol. The molecule has 2 rings (SSSR count). The van der Waals surface area contributed by atoms with Gasteiger partial charge in [0.05, 0.1) is 18.7 Å². The maximum absolute atomic E-state index is 11.7. The second kappa shape index (κ2) is 6.97. The van der Waals surface area contributed by atoms with Crippen LogP contribution in [0.2, 0.25) is 0 Å². The number of hydrogen-bond donors (Lipinski definition) is 3. The van der Waals surface area contributed by atoms with E-state index in [4.69, 9.17) is 10.5 Å². The molecule has 1 aromatic carbocycles. The van der Waals surface area contributed by atoms with Gasteiger partial charge >= 0.3 is 0 Å². The van der Waals surface area contributed by atoms with Crippen LogP contribution in [0.25, 0.3) is 0 Å². The Balaban J connectivity index is 1.67. The molecule has 0 spiro atoms. The molecule has 2 amide bonds. The molecule has 0 bridgehead atoms. The predicted octanol–water partition coefficient (Wildman–Crippen LogP) is 0.821. The van der Waals surface area contributed by atoms with Crippen molar-refractivity contribution in [2.75, 3.05) is 12.3 Å². The topological polar surface area (TPSA) is 93.4 Å². The minimum absolute atomic E-state index is 0.140. The van der Waals surface area contributed by atoms with Crippen molar-refractivity contribution >= 4 is 17.5 Å². The summed E-state index contributed by atoms with van der Waals surface area (Å²) in [5, 5.41) is 5.50. The van der Waals surface area contributed by atoms with Crippen molar-refractivity contribution in [3.05, 3.63) is 24.3 Å². The van der Waals surface area contributed by atoms with E-state index in [0.29, 0.717) is 17.5 Å². The Morgan fingerprint density at radius 2 is 2.10 bits per heavy atom. The Morgan fingerprint density at radius 3 is 2.76 bits per heavy atom. The predicted molar refractivity (Wildman–Crippen MR) is 79.7 cm³/mol. The maximum Gasteiger partial charge on any atom is 0.242 e. The van der Waals surface area contributed by atoms with Gasteiger partial charge in [-0.3, -0.25) is 9.59 Å². The molecule has 1 fully saturated rings. The van der Waals surface area contributed by atoms with Gasteiger partial charge in [0.25, 0.3) is 0 Å². The number of rotatable bonds is 7. The molecule has 21 heavy (non-hydrogen) atoms. The number of nitrogens with one attached hydrogen (secondary N) is 2. The van der Waals surface area contributed by atoms with Crippen LogP contribution in [-0.4, -0.2) is 30.5 Å². The zero-order valence-corrected chi connectivity index (χ0v) is 12.1. The molecular weight excluding hydrogens is 270 g/mol. The van der Waals surface area contributed by atoms with E-state index in [2.05, 4.69) is 10.6 Å². The number of para-hydroxylation sites is 2. The minimum atomic E-state index is -0.528. The third kappa shape index (κ3) is 4.98. The van der Waals surface area contributed by atoms with Crippen LogP contribution in [0.15, 0.2) is 24.3 Å². The van der Waals surface area contributed by atoms with E-state index >= 15 is 0 Å². The number of carbonyl (C=O) groups excluding carboxylic acids is 2. The van der Waals surface area contributed by atoms with Gasteiger partial charge in [0, 0.05) is 6.04 Å². The normalized spacial score (nSPS) is 15.1. The van der Waals surface area contributed by atoms with Crippen LogP contribution in [0, 0.1) is 0 Å². The molecule has 0 radical (unpaired) electrons. The summed E-state index contributed by atoms with van der Waals surface area (Å²) < 4.78 is 5.44. The molecule has 1 unspecified atom stereocenters. The fourth-order valence-electron chi connectivity index (χ4n) is 1.80. The summed E-state index contributed by atoms with van der Waals surface area (Å²) in [6.45, 7) is 1.89. The lowest BCUT2D eigenvalue weighted by Crippen LogP contribution is -2.45. The first kappa shape index (κ1) is 15.2. The Labute approximate surface area is 124 Å². The van der Waals surface area contributed by atoms with Gasteiger partial charge in [-0.05, 0) is 31.9 Å². The third-order valence-corrected chi connectivity index (χ3v) is 3.20. The Bertz CT molecular complexity index is 515. The van der Waals surface area contributed by atoms with Crippen molar-refractivity contribution in [1.29, 1.82) is 0 Å². The molecule has 6 nitrogen and oxygen atoms in total. The van der Waals surface area contributed by atoms with Crippen LogP contribution >= 0.6 is 0 Å².